The number of carbonyl (C=O) groups is 6. The number of carbonyl (C=O) groups excluding carboxylic acids is 6. The van der Waals surface area contributed by atoms with Crippen LogP contribution in [0.25, 0.3) is 0 Å². The van der Waals surface area contributed by atoms with Gasteiger partial charge in [0.1, 0.15) is 0 Å². The second-order valence-electron chi connectivity index (χ2n) is 22.8. The van der Waals surface area contributed by atoms with Crippen LogP contribution in [0, 0.1) is 23.2 Å². The summed E-state index contributed by atoms with van der Waals surface area (Å²) in [4.78, 5) is 76.8. The van der Waals surface area contributed by atoms with E-state index in [9.17, 15) is 28.8 Å². The Hall–Kier alpha value is -3.30. The van der Waals surface area contributed by atoms with Crippen molar-refractivity contribution in [1.82, 2.24) is 31.9 Å². The van der Waals surface area contributed by atoms with Crippen molar-refractivity contribution in [3.63, 3.8) is 0 Å². The van der Waals surface area contributed by atoms with Crippen molar-refractivity contribution in [3.8, 4) is 0 Å². The molecule has 0 aliphatic rings. The van der Waals surface area contributed by atoms with Crippen LogP contribution in [-0.4, -0.2) is 114 Å². The van der Waals surface area contributed by atoms with E-state index in [1.54, 1.807) is 0 Å². The van der Waals surface area contributed by atoms with E-state index in [4.69, 9.17) is 14.2 Å². The molecule has 0 aromatic carbocycles. The SMILES string of the molecule is CCCCCCCCC(C)C(=O)NCCCNC(=O)CCOCC(C)(COCCC(=O)NCCCNC(=O)C(CCCCC)CCCCCC)COCCC(=O)NCCCNC(=O)C(CCCCCC)CCCCCCCC. The third-order valence-electron chi connectivity index (χ3n) is 14.8. The predicted octanol–water partition coefficient (Wildman–Crippen LogP) is 12.0. The number of rotatable bonds is 58. The lowest BCUT2D eigenvalue weighted by atomic mass is 9.93. The van der Waals surface area contributed by atoms with Gasteiger partial charge in [0.05, 0.1) is 39.6 Å². The van der Waals surface area contributed by atoms with Crippen LogP contribution in [0.3, 0.4) is 0 Å². The highest BCUT2D eigenvalue weighted by Gasteiger charge is 2.27. The molecule has 0 saturated carbocycles. The molecule has 6 N–H and O–H groups in total. The average molecular weight is 1110 g/mol. The Morgan fingerprint density at radius 1 is 0.333 bits per heavy atom. The zero-order valence-corrected chi connectivity index (χ0v) is 51.4. The first-order valence-corrected chi connectivity index (χ1v) is 32.2. The van der Waals surface area contributed by atoms with Crippen molar-refractivity contribution < 1.29 is 43.0 Å². The molecule has 0 rings (SSSR count). The van der Waals surface area contributed by atoms with Gasteiger partial charge in [-0.05, 0) is 51.4 Å². The van der Waals surface area contributed by atoms with E-state index in [-0.39, 0.29) is 112 Å². The molecule has 0 fully saturated rings. The van der Waals surface area contributed by atoms with Crippen LogP contribution in [0.5, 0.6) is 0 Å². The van der Waals surface area contributed by atoms with Crippen molar-refractivity contribution in [2.75, 3.05) is 78.9 Å². The van der Waals surface area contributed by atoms with E-state index in [2.05, 4.69) is 66.5 Å². The van der Waals surface area contributed by atoms with Crippen molar-refractivity contribution in [2.24, 2.45) is 23.2 Å². The van der Waals surface area contributed by atoms with Crippen molar-refractivity contribution in [2.45, 2.75) is 267 Å². The number of nitrogens with one attached hydrogen (secondary N) is 6. The van der Waals surface area contributed by atoms with E-state index in [0.717, 1.165) is 77.0 Å². The molecular weight excluding hydrogens is 985 g/mol. The molecule has 0 spiro atoms. The molecule has 6 amide bonds. The zero-order chi connectivity index (χ0) is 57.6. The molecule has 458 valence electrons. The van der Waals surface area contributed by atoms with Crippen LogP contribution in [-0.2, 0) is 43.0 Å². The van der Waals surface area contributed by atoms with Crippen molar-refractivity contribution >= 4 is 35.4 Å². The normalized spacial score (nSPS) is 13.3. The number of hydrogen-bond donors (Lipinski definition) is 6. The third kappa shape index (κ3) is 46.5. The number of unbranched alkanes of at least 4 members (excludes halogenated alkanes) is 18. The highest BCUT2D eigenvalue weighted by atomic mass is 16.5. The van der Waals surface area contributed by atoms with E-state index in [1.165, 1.54) is 103 Å². The van der Waals surface area contributed by atoms with Gasteiger partial charge in [-0.15, -0.1) is 0 Å². The molecule has 0 aromatic rings. The average Bonchev–Trinajstić information content (AvgIpc) is 3.42. The molecule has 0 aliphatic carbocycles. The number of amides is 6. The minimum absolute atomic E-state index is 0.0149. The standard InChI is InChI=1S/C63H122N6O9/c1-8-13-18-22-24-27-34-54(6)60(73)67-45-31-42-64-57(70)39-48-76-51-63(7,52-77-49-40-58(71)65-43-32-46-68-61(74)55(35-26-17-12-5)36-28-20-15-10-3)53-78-50-41-59(72)66-44-33-47-69-62(75)56(37-29-21-16-11-4)38-30-25-23-19-14-9-2/h54-56H,8-53H2,1-7H3,(H,64,70)(H,65,71)(H,66,72)(H,67,73)(H,68,74)(H,69,75). The highest BCUT2D eigenvalue weighted by molar-refractivity contribution is 5.79. The molecule has 0 heterocycles. The lowest BCUT2D eigenvalue weighted by molar-refractivity contribution is -0.126. The summed E-state index contributed by atoms with van der Waals surface area (Å²) in [5, 5.41) is 18.1. The van der Waals surface area contributed by atoms with Gasteiger partial charge in [-0.1, -0.05) is 196 Å². The minimum atomic E-state index is -0.627. The first kappa shape index (κ1) is 74.7. The van der Waals surface area contributed by atoms with E-state index >= 15 is 0 Å². The second kappa shape index (κ2) is 54.3. The summed E-state index contributed by atoms with van der Waals surface area (Å²) in [6, 6.07) is 0. The van der Waals surface area contributed by atoms with Crippen LogP contribution < -0.4 is 31.9 Å². The molecule has 0 bridgehead atoms. The monoisotopic (exact) mass is 1110 g/mol. The third-order valence-corrected chi connectivity index (χ3v) is 14.8. The van der Waals surface area contributed by atoms with E-state index < -0.39 is 5.41 Å². The van der Waals surface area contributed by atoms with E-state index in [0.29, 0.717) is 58.5 Å². The van der Waals surface area contributed by atoms with Gasteiger partial charge < -0.3 is 46.1 Å². The summed E-state index contributed by atoms with van der Waals surface area (Å²) in [6.07, 6.45) is 34.2. The Morgan fingerprint density at radius 2 is 0.590 bits per heavy atom. The fraction of sp³-hybridized carbons (Fsp3) is 0.905. The summed E-state index contributed by atoms with van der Waals surface area (Å²) in [5.41, 5.74) is -0.627. The first-order chi connectivity index (χ1) is 37.9. The fourth-order valence-corrected chi connectivity index (χ4v) is 9.51. The number of ether oxygens (including phenoxy) is 3. The second-order valence-corrected chi connectivity index (χ2v) is 22.8. The highest BCUT2D eigenvalue weighted by Crippen LogP contribution is 2.22. The molecule has 0 aromatic heterocycles. The molecule has 78 heavy (non-hydrogen) atoms. The molecule has 4 atom stereocenters. The Kier molecular flexibility index (Phi) is 52.0. The van der Waals surface area contributed by atoms with Crippen LogP contribution in [0.4, 0.5) is 0 Å². The van der Waals surface area contributed by atoms with E-state index in [1.807, 2.05) is 13.8 Å². The molecule has 0 radical (unpaired) electrons. The largest absolute Gasteiger partial charge is 0.380 e. The topological polar surface area (TPSA) is 202 Å². The Balaban J connectivity index is 4.98. The first-order valence-electron chi connectivity index (χ1n) is 32.2. The fourth-order valence-electron chi connectivity index (χ4n) is 9.51. The van der Waals surface area contributed by atoms with Crippen LogP contribution in [0.15, 0.2) is 0 Å². The van der Waals surface area contributed by atoms with Gasteiger partial charge in [0.25, 0.3) is 0 Å². The molecule has 4 unspecified atom stereocenters. The summed E-state index contributed by atoms with van der Waals surface area (Å²) in [7, 11) is 0. The Morgan fingerprint density at radius 3 is 0.936 bits per heavy atom. The summed E-state index contributed by atoms with van der Waals surface area (Å²) >= 11 is 0. The van der Waals surface area contributed by atoms with Gasteiger partial charge in [0.15, 0.2) is 0 Å². The summed E-state index contributed by atoms with van der Waals surface area (Å²) in [6.45, 7) is 19.2. The quantitative estimate of drug-likeness (QED) is 0.0320. The summed E-state index contributed by atoms with van der Waals surface area (Å²) in [5.74, 6) is 0.0435. The van der Waals surface area contributed by atoms with Gasteiger partial charge >= 0.3 is 0 Å². The Bertz CT molecular complexity index is 1470. The van der Waals surface area contributed by atoms with Gasteiger partial charge in [0, 0.05) is 81.7 Å². The maximum absolute atomic E-state index is 13.1. The zero-order valence-electron chi connectivity index (χ0n) is 51.4. The van der Waals surface area contributed by atoms with Gasteiger partial charge in [-0.3, -0.25) is 28.8 Å². The molecule has 15 heteroatoms. The number of hydrogen-bond acceptors (Lipinski definition) is 9. The van der Waals surface area contributed by atoms with Crippen molar-refractivity contribution in [1.29, 1.82) is 0 Å². The van der Waals surface area contributed by atoms with Crippen LogP contribution in [0.1, 0.15) is 267 Å². The Labute approximate surface area is 477 Å². The van der Waals surface area contributed by atoms with Gasteiger partial charge in [0.2, 0.25) is 35.4 Å². The maximum atomic E-state index is 13.1. The predicted molar refractivity (Wildman–Crippen MR) is 320 cm³/mol. The lowest BCUT2D eigenvalue weighted by Gasteiger charge is -2.29. The molecular formula is C63H122N6O9. The molecule has 15 nitrogen and oxygen atoms in total. The lowest BCUT2D eigenvalue weighted by Crippen LogP contribution is -2.36. The minimum Gasteiger partial charge on any atom is -0.380 e. The summed E-state index contributed by atoms with van der Waals surface area (Å²) < 4.78 is 18.1. The van der Waals surface area contributed by atoms with Crippen molar-refractivity contribution in [3.05, 3.63) is 0 Å². The van der Waals surface area contributed by atoms with Gasteiger partial charge in [-0.2, -0.15) is 0 Å². The maximum Gasteiger partial charge on any atom is 0.223 e. The molecule has 0 saturated heterocycles. The smallest absolute Gasteiger partial charge is 0.223 e. The van der Waals surface area contributed by atoms with Gasteiger partial charge in [-0.25, -0.2) is 0 Å². The van der Waals surface area contributed by atoms with Crippen LogP contribution >= 0.6 is 0 Å². The molecule has 0 aliphatic heterocycles. The van der Waals surface area contributed by atoms with Crippen LogP contribution in [0.2, 0.25) is 0 Å².